The minimum Gasteiger partial charge on any atom is -0.385 e. The highest BCUT2D eigenvalue weighted by molar-refractivity contribution is 5.88. The van der Waals surface area contributed by atoms with E-state index in [9.17, 15) is 14.4 Å². The zero-order chi connectivity index (χ0) is 24.9. The lowest BCUT2D eigenvalue weighted by atomic mass is 9.68. The first-order chi connectivity index (χ1) is 16.1. The number of primary amides is 1. The number of hydrogen-bond acceptors (Lipinski definition) is 5. The van der Waals surface area contributed by atoms with Crippen LogP contribution >= 0.6 is 0 Å². The summed E-state index contributed by atoms with van der Waals surface area (Å²) >= 11 is 0. The second kappa shape index (κ2) is 10.7. The van der Waals surface area contributed by atoms with Crippen LogP contribution in [0.2, 0.25) is 0 Å². The Morgan fingerprint density at radius 2 is 1.74 bits per heavy atom. The molecule has 2 fully saturated rings. The number of amides is 4. The van der Waals surface area contributed by atoms with Gasteiger partial charge in [-0.05, 0) is 51.8 Å². The van der Waals surface area contributed by atoms with Gasteiger partial charge in [-0.25, -0.2) is 4.79 Å². The monoisotopic (exact) mass is 473 g/mol. The second-order valence-corrected chi connectivity index (χ2v) is 9.87. The van der Waals surface area contributed by atoms with Crippen molar-refractivity contribution in [3.8, 4) is 0 Å². The van der Waals surface area contributed by atoms with Crippen LogP contribution in [0.4, 0.5) is 4.79 Å². The Balaban J connectivity index is 1.81. The van der Waals surface area contributed by atoms with Crippen LogP contribution in [0.1, 0.15) is 37.7 Å². The molecule has 0 unspecified atom stereocenters. The SMILES string of the molecule is COCCCN1C(=O)N(CC(=O)N(C)CC(N)=O)C[C@]12CC[C@](c1ccccc1)(N(C)C)CC2. The van der Waals surface area contributed by atoms with Crippen molar-refractivity contribution in [2.45, 2.75) is 43.2 Å². The van der Waals surface area contributed by atoms with Crippen LogP contribution < -0.4 is 5.73 Å². The van der Waals surface area contributed by atoms with Gasteiger partial charge in [0, 0.05) is 39.4 Å². The number of nitrogens with two attached hydrogens (primary N) is 1. The van der Waals surface area contributed by atoms with E-state index in [1.165, 1.54) is 17.5 Å². The van der Waals surface area contributed by atoms with Crippen LogP contribution in [0, 0.1) is 0 Å². The molecule has 0 atom stereocenters. The van der Waals surface area contributed by atoms with E-state index in [1.54, 1.807) is 12.0 Å². The number of nitrogens with zero attached hydrogens (tertiary/aromatic N) is 4. The largest absolute Gasteiger partial charge is 0.385 e. The predicted molar refractivity (Wildman–Crippen MR) is 130 cm³/mol. The topological polar surface area (TPSA) is 99.4 Å². The van der Waals surface area contributed by atoms with Crippen LogP contribution in [-0.2, 0) is 19.9 Å². The summed E-state index contributed by atoms with van der Waals surface area (Å²) in [6.07, 6.45) is 4.27. The fourth-order valence-electron chi connectivity index (χ4n) is 5.61. The average Bonchev–Trinajstić information content (AvgIpc) is 3.05. The molecule has 1 saturated heterocycles. The van der Waals surface area contributed by atoms with Crippen LogP contribution in [0.25, 0.3) is 0 Å². The molecule has 1 aromatic rings. The van der Waals surface area contributed by atoms with E-state index in [0.29, 0.717) is 19.7 Å². The highest BCUT2D eigenvalue weighted by Crippen LogP contribution is 2.48. The number of ether oxygens (including phenoxy) is 1. The van der Waals surface area contributed by atoms with Crippen LogP contribution in [0.3, 0.4) is 0 Å². The molecule has 2 N–H and O–H groups in total. The number of rotatable bonds is 10. The summed E-state index contributed by atoms with van der Waals surface area (Å²) in [6.45, 7) is 1.46. The maximum absolute atomic E-state index is 13.5. The van der Waals surface area contributed by atoms with Gasteiger partial charge in [0.05, 0.1) is 12.1 Å². The molecule has 188 valence electrons. The van der Waals surface area contributed by atoms with Gasteiger partial charge in [0.1, 0.15) is 6.54 Å². The van der Waals surface area contributed by atoms with Gasteiger partial charge in [-0.3, -0.25) is 14.5 Å². The van der Waals surface area contributed by atoms with Gasteiger partial charge in [-0.2, -0.15) is 0 Å². The van der Waals surface area contributed by atoms with Gasteiger partial charge in [0.15, 0.2) is 0 Å². The van der Waals surface area contributed by atoms with E-state index < -0.39 is 5.91 Å². The minimum absolute atomic E-state index is 0.0529. The van der Waals surface area contributed by atoms with Crippen molar-refractivity contribution in [2.24, 2.45) is 5.73 Å². The van der Waals surface area contributed by atoms with E-state index in [0.717, 1.165) is 32.1 Å². The summed E-state index contributed by atoms with van der Waals surface area (Å²) < 4.78 is 5.23. The maximum Gasteiger partial charge on any atom is 0.321 e. The highest BCUT2D eigenvalue weighted by atomic mass is 16.5. The molecule has 0 radical (unpaired) electrons. The Morgan fingerprint density at radius 3 is 2.29 bits per heavy atom. The van der Waals surface area contributed by atoms with Crippen molar-refractivity contribution >= 4 is 17.8 Å². The van der Waals surface area contributed by atoms with E-state index >= 15 is 0 Å². The lowest BCUT2D eigenvalue weighted by Crippen LogP contribution is -2.55. The van der Waals surface area contributed by atoms with Crippen LogP contribution in [-0.4, -0.2) is 104 Å². The van der Waals surface area contributed by atoms with E-state index in [-0.39, 0.29) is 36.1 Å². The van der Waals surface area contributed by atoms with Crippen molar-refractivity contribution in [1.82, 2.24) is 19.6 Å². The molecular formula is C25H39N5O4. The minimum atomic E-state index is -0.575. The van der Waals surface area contributed by atoms with Gasteiger partial charge in [0.25, 0.3) is 0 Å². The van der Waals surface area contributed by atoms with E-state index in [2.05, 4.69) is 43.3 Å². The summed E-state index contributed by atoms with van der Waals surface area (Å²) in [5.74, 6) is -0.863. The lowest BCUT2D eigenvalue weighted by Gasteiger charge is -2.51. The molecule has 4 amide bonds. The van der Waals surface area contributed by atoms with Gasteiger partial charge in [0.2, 0.25) is 11.8 Å². The first-order valence-corrected chi connectivity index (χ1v) is 12.0. The van der Waals surface area contributed by atoms with Crippen molar-refractivity contribution < 1.29 is 19.1 Å². The molecule has 2 aliphatic rings. The van der Waals surface area contributed by atoms with Crippen molar-refractivity contribution in [1.29, 1.82) is 0 Å². The number of methoxy groups -OCH3 is 1. The molecule has 1 aliphatic carbocycles. The molecule has 1 heterocycles. The first kappa shape index (κ1) is 26.0. The van der Waals surface area contributed by atoms with Crippen LogP contribution in [0.5, 0.6) is 0 Å². The Labute approximate surface area is 202 Å². The quantitative estimate of drug-likeness (QED) is 0.519. The molecular weight excluding hydrogens is 434 g/mol. The number of carbonyl (C=O) groups excluding carboxylic acids is 3. The van der Waals surface area contributed by atoms with E-state index in [1.807, 2.05) is 11.0 Å². The fourth-order valence-corrected chi connectivity index (χ4v) is 5.61. The number of likely N-dealkylation sites (N-methyl/N-ethyl adjacent to an activating group) is 1. The summed E-state index contributed by atoms with van der Waals surface area (Å²) in [5, 5.41) is 0. The Hall–Kier alpha value is -2.65. The Kier molecular flexibility index (Phi) is 8.20. The molecule has 1 spiro atoms. The summed E-state index contributed by atoms with van der Waals surface area (Å²) in [4.78, 5) is 44.5. The van der Waals surface area contributed by atoms with Gasteiger partial charge in [-0.15, -0.1) is 0 Å². The molecule has 34 heavy (non-hydrogen) atoms. The molecule has 3 rings (SSSR count). The Morgan fingerprint density at radius 1 is 1.09 bits per heavy atom. The molecule has 1 aliphatic heterocycles. The Bertz CT molecular complexity index is 867. The maximum atomic E-state index is 13.5. The van der Waals surface area contributed by atoms with Crippen molar-refractivity contribution in [3.05, 3.63) is 35.9 Å². The molecule has 1 aromatic carbocycles. The molecule has 9 nitrogen and oxygen atoms in total. The smallest absolute Gasteiger partial charge is 0.321 e. The molecule has 0 bridgehead atoms. The van der Waals surface area contributed by atoms with Crippen molar-refractivity contribution in [2.75, 3.05) is 61.0 Å². The zero-order valence-corrected chi connectivity index (χ0v) is 21.0. The number of carbonyl (C=O) groups is 3. The molecule has 0 aromatic heterocycles. The summed E-state index contributed by atoms with van der Waals surface area (Å²) in [7, 11) is 7.44. The third-order valence-corrected chi connectivity index (χ3v) is 7.61. The number of hydrogen-bond donors (Lipinski definition) is 1. The molecule has 1 saturated carbocycles. The van der Waals surface area contributed by atoms with Gasteiger partial charge in [-0.1, -0.05) is 30.3 Å². The third kappa shape index (κ3) is 5.20. The van der Waals surface area contributed by atoms with E-state index in [4.69, 9.17) is 10.5 Å². The highest BCUT2D eigenvalue weighted by Gasteiger charge is 2.54. The fraction of sp³-hybridized carbons (Fsp3) is 0.640. The van der Waals surface area contributed by atoms with Gasteiger partial charge >= 0.3 is 6.03 Å². The second-order valence-electron chi connectivity index (χ2n) is 9.87. The standard InChI is InChI=1S/C25H39N5O4/c1-27(2)25(20-9-6-5-7-10-20)13-11-24(12-14-25)19-29(18-22(32)28(3)17-21(26)31)23(33)30(24)15-8-16-34-4/h5-7,9-10H,8,11-19H2,1-4H3,(H2,26,31)/t24-,25+. The third-order valence-electron chi connectivity index (χ3n) is 7.61. The summed E-state index contributed by atoms with van der Waals surface area (Å²) in [5.41, 5.74) is 6.12. The zero-order valence-electron chi connectivity index (χ0n) is 21.0. The van der Waals surface area contributed by atoms with Crippen LogP contribution in [0.15, 0.2) is 30.3 Å². The summed E-state index contributed by atoms with van der Waals surface area (Å²) in [6, 6.07) is 10.5. The number of urea groups is 1. The first-order valence-electron chi connectivity index (χ1n) is 12.0. The normalized spacial score (nSPS) is 24.8. The average molecular weight is 474 g/mol. The van der Waals surface area contributed by atoms with Gasteiger partial charge < -0.3 is 25.2 Å². The number of benzene rings is 1. The predicted octanol–water partition coefficient (Wildman–Crippen LogP) is 1.47. The lowest BCUT2D eigenvalue weighted by molar-refractivity contribution is -0.134. The van der Waals surface area contributed by atoms with Crippen molar-refractivity contribution in [3.63, 3.8) is 0 Å². The molecule has 9 heteroatoms.